The molecule has 2 atom stereocenters. The number of anilines is 1. The van der Waals surface area contributed by atoms with E-state index in [0.717, 1.165) is 4.90 Å². The first-order valence-corrected chi connectivity index (χ1v) is 10.0. The van der Waals surface area contributed by atoms with Gasteiger partial charge in [0.15, 0.2) is 6.10 Å². The van der Waals surface area contributed by atoms with Gasteiger partial charge in [-0.3, -0.25) is 19.3 Å². The molecule has 0 unspecified atom stereocenters. The van der Waals surface area contributed by atoms with Gasteiger partial charge in [0.2, 0.25) is 0 Å². The molecule has 0 aromatic heterocycles. The Balaban J connectivity index is 1.65. The molecule has 1 aliphatic heterocycles. The van der Waals surface area contributed by atoms with E-state index in [0.29, 0.717) is 17.8 Å². The SMILES string of the molecule is CCN(C(=O)[C@H](C)OC(=O)CN1C(=O)N[C@](C)(c2ccccc2)C1=O)c1ccccc1. The fourth-order valence-electron chi connectivity index (χ4n) is 3.51. The number of urea groups is 1. The van der Waals surface area contributed by atoms with Crippen LogP contribution in [0.1, 0.15) is 26.3 Å². The van der Waals surface area contributed by atoms with Gasteiger partial charge in [0.1, 0.15) is 12.1 Å². The number of ether oxygens (including phenoxy) is 1. The van der Waals surface area contributed by atoms with Gasteiger partial charge in [0.05, 0.1) is 0 Å². The lowest BCUT2D eigenvalue weighted by Crippen LogP contribution is -2.43. The highest BCUT2D eigenvalue weighted by Crippen LogP contribution is 2.28. The molecule has 0 bridgehead atoms. The fourth-order valence-corrected chi connectivity index (χ4v) is 3.51. The van der Waals surface area contributed by atoms with Crippen LogP contribution >= 0.6 is 0 Å². The minimum atomic E-state index is -1.27. The third-order valence-corrected chi connectivity index (χ3v) is 5.22. The molecule has 1 aliphatic rings. The number of amides is 4. The molecule has 1 fully saturated rings. The van der Waals surface area contributed by atoms with Crippen LogP contribution in [0.5, 0.6) is 0 Å². The topological polar surface area (TPSA) is 96.0 Å². The summed E-state index contributed by atoms with van der Waals surface area (Å²) in [5.74, 6) is -1.79. The quantitative estimate of drug-likeness (QED) is 0.545. The zero-order valence-electron chi connectivity index (χ0n) is 17.7. The number of carbonyl (C=O) groups excluding carboxylic acids is 4. The van der Waals surface area contributed by atoms with Crippen molar-refractivity contribution in [3.8, 4) is 0 Å². The van der Waals surface area contributed by atoms with Crippen LogP contribution in [0, 0.1) is 0 Å². The predicted molar refractivity (Wildman–Crippen MR) is 114 cm³/mol. The number of nitrogens with one attached hydrogen (secondary N) is 1. The standard InChI is InChI=1S/C23H25N3O5/c1-4-25(18-13-9-6-10-14-18)20(28)16(2)31-19(27)15-26-21(29)23(3,24-22(26)30)17-11-7-5-8-12-17/h5-14,16H,4,15H2,1-3H3,(H,24,30)/t16-,23+/m0/s1. The Hall–Kier alpha value is -3.68. The first-order chi connectivity index (χ1) is 14.8. The van der Waals surface area contributed by atoms with Crippen molar-refractivity contribution < 1.29 is 23.9 Å². The Labute approximate surface area is 180 Å². The lowest BCUT2D eigenvalue weighted by atomic mass is 9.92. The zero-order chi connectivity index (χ0) is 22.6. The maximum absolute atomic E-state index is 12.9. The van der Waals surface area contributed by atoms with E-state index < -0.39 is 42.0 Å². The molecule has 3 rings (SSSR count). The minimum Gasteiger partial charge on any atom is -0.451 e. The number of nitrogens with zero attached hydrogens (tertiary/aromatic N) is 2. The first-order valence-electron chi connectivity index (χ1n) is 10.0. The molecule has 0 radical (unpaired) electrons. The summed E-state index contributed by atoms with van der Waals surface area (Å²) in [7, 11) is 0. The summed E-state index contributed by atoms with van der Waals surface area (Å²) in [5, 5.41) is 2.63. The highest BCUT2D eigenvalue weighted by Gasteiger charge is 2.49. The van der Waals surface area contributed by atoms with Gasteiger partial charge in [0, 0.05) is 12.2 Å². The summed E-state index contributed by atoms with van der Waals surface area (Å²) < 4.78 is 5.24. The van der Waals surface area contributed by atoms with Crippen molar-refractivity contribution in [1.82, 2.24) is 10.2 Å². The number of para-hydroxylation sites is 1. The number of hydrogen-bond acceptors (Lipinski definition) is 5. The maximum atomic E-state index is 12.9. The molecular formula is C23H25N3O5. The number of likely N-dealkylation sites (N-methyl/N-ethyl adjacent to an activating group) is 1. The highest BCUT2D eigenvalue weighted by molar-refractivity contribution is 6.09. The number of benzene rings is 2. The van der Waals surface area contributed by atoms with E-state index in [1.54, 1.807) is 49.4 Å². The molecule has 8 heteroatoms. The number of rotatable bonds is 7. The van der Waals surface area contributed by atoms with Crippen LogP contribution < -0.4 is 10.2 Å². The second kappa shape index (κ2) is 8.99. The Morgan fingerprint density at radius 1 is 1.06 bits per heavy atom. The second-order valence-corrected chi connectivity index (χ2v) is 7.36. The average molecular weight is 423 g/mol. The van der Waals surface area contributed by atoms with Crippen molar-refractivity contribution in [1.29, 1.82) is 0 Å². The molecule has 31 heavy (non-hydrogen) atoms. The van der Waals surface area contributed by atoms with Crippen molar-refractivity contribution in [3.05, 3.63) is 66.2 Å². The van der Waals surface area contributed by atoms with Crippen LogP contribution in [-0.2, 0) is 24.7 Å². The van der Waals surface area contributed by atoms with Crippen LogP contribution in [0.2, 0.25) is 0 Å². The minimum absolute atomic E-state index is 0.395. The van der Waals surface area contributed by atoms with Gasteiger partial charge >= 0.3 is 12.0 Å². The Morgan fingerprint density at radius 3 is 2.23 bits per heavy atom. The normalized spacial score (nSPS) is 19.0. The number of imide groups is 1. The zero-order valence-corrected chi connectivity index (χ0v) is 17.7. The predicted octanol–water partition coefficient (Wildman–Crippen LogP) is 2.44. The third-order valence-electron chi connectivity index (χ3n) is 5.22. The number of esters is 1. The molecule has 2 aromatic carbocycles. The molecule has 0 saturated carbocycles. The Bertz CT molecular complexity index is 979. The monoisotopic (exact) mass is 423 g/mol. The Morgan fingerprint density at radius 2 is 1.65 bits per heavy atom. The average Bonchev–Trinajstić information content (AvgIpc) is 2.99. The van der Waals surface area contributed by atoms with Crippen molar-refractivity contribution in [2.24, 2.45) is 0 Å². The fraction of sp³-hybridized carbons (Fsp3) is 0.304. The van der Waals surface area contributed by atoms with Gasteiger partial charge in [0.25, 0.3) is 11.8 Å². The maximum Gasteiger partial charge on any atom is 0.327 e. The molecule has 1 N–H and O–H groups in total. The van der Waals surface area contributed by atoms with E-state index in [2.05, 4.69) is 5.32 Å². The van der Waals surface area contributed by atoms with E-state index in [1.165, 1.54) is 11.8 Å². The van der Waals surface area contributed by atoms with Crippen molar-refractivity contribution in [2.75, 3.05) is 18.0 Å². The van der Waals surface area contributed by atoms with E-state index in [4.69, 9.17) is 4.74 Å². The van der Waals surface area contributed by atoms with Gasteiger partial charge in [-0.1, -0.05) is 48.5 Å². The van der Waals surface area contributed by atoms with Crippen LogP contribution in [0.3, 0.4) is 0 Å². The first kappa shape index (κ1) is 22.0. The molecular weight excluding hydrogens is 398 g/mol. The van der Waals surface area contributed by atoms with Gasteiger partial charge in [-0.25, -0.2) is 4.79 Å². The summed E-state index contributed by atoms with van der Waals surface area (Å²) in [6.07, 6.45) is -1.08. The van der Waals surface area contributed by atoms with Crippen LogP contribution in [0.4, 0.5) is 10.5 Å². The van der Waals surface area contributed by atoms with E-state index >= 15 is 0 Å². The summed E-state index contributed by atoms with van der Waals surface area (Å²) in [6, 6.07) is 17.1. The summed E-state index contributed by atoms with van der Waals surface area (Å²) >= 11 is 0. The summed E-state index contributed by atoms with van der Waals surface area (Å²) in [6.45, 7) is 4.68. The molecule has 8 nitrogen and oxygen atoms in total. The van der Waals surface area contributed by atoms with Crippen molar-refractivity contribution >= 4 is 29.5 Å². The molecule has 1 heterocycles. The molecule has 0 spiro atoms. The summed E-state index contributed by atoms with van der Waals surface area (Å²) in [4.78, 5) is 52.8. The molecule has 162 valence electrons. The largest absolute Gasteiger partial charge is 0.451 e. The molecule has 1 saturated heterocycles. The number of carbonyl (C=O) groups is 4. The third kappa shape index (κ3) is 4.42. The lowest BCUT2D eigenvalue weighted by Gasteiger charge is -2.25. The number of hydrogen-bond donors (Lipinski definition) is 1. The van der Waals surface area contributed by atoms with Crippen molar-refractivity contribution in [2.45, 2.75) is 32.4 Å². The van der Waals surface area contributed by atoms with Gasteiger partial charge in [-0.05, 0) is 38.5 Å². The van der Waals surface area contributed by atoms with Crippen LogP contribution in [0.15, 0.2) is 60.7 Å². The second-order valence-electron chi connectivity index (χ2n) is 7.36. The molecule has 0 aliphatic carbocycles. The van der Waals surface area contributed by atoms with E-state index in [1.807, 2.05) is 25.1 Å². The highest BCUT2D eigenvalue weighted by atomic mass is 16.5. The van der Waals surface area contributed by atoms with Gasteiger partial charge in [-0.2, -0.15) is 0 Å². The van der Waals surface area contributed by atoms with Crippen LogP contribution in [0.25, 0.3) is 0 Å². The Kier molecular flexibility index (Phi) is 6.39. The molecule has 4 amide bonds. The summed E-state index contributed by atoms with van der Waals surface area (Å²) in [5.41, 5.74) is 0.0201. The van der Waals surface area contributed by atoms with Crippen molar-refractivity contribution in [3.63, 3.8) is 0 Å². The smallest absolute Gasteiger partial charge is 0.327 e. The van der Waals surface area contributed by atoms with E-state index in [9.17, 15) is 19.2 Å². The van der Waals surface area contributed by atoms with E-state index in [-0.39, 0.29) is 0 Å². The molecule has 2 aromatic rings. The van der Waals surface area contributed by atoms with Gasteiger partial charge < -0.3 is 15.0 Å². The van der Waals surface area contributed by atoms with Gasteiger partial charge in [-0.15, -0.1) is 0 Å². The lowest BCUT2D eigenvalue weighted by molar-refractivity contribution is -0.155. The van der Waals surface area contributed by atoms with Crippen LogP contribution in [-0.4, -0.2) is 47.9 Å².